The number of hydrogen-bond acceptors (Lipinski definition) is 2. The van der Waals surface area contributed by atoms with E-state index in [1.807, 2.05) is 0 Å². The van der Waals surface area contributed by atoms with E-state index in [4.69, 9.17) is 10.5 Å². The van der Waals surface area contributed by atoms with E-state index in [9.17, 15) is 0 Å². The third kappa shape index (κ3) is 28.1. The van der Waals surface area contributed by atoms with E-state index in [1.54, 1.807) is 0 Å². The van der Waals surface area contributed by atoms with Gasteiger partial charge in [-0.15, -0.1) is 0 Å². The van der Waals surface area contributed by atoms with Crippen molar-refractivity contribution in [3.63, 3.8) is 0 Å². The molecule has 0 aromatic carbocycles. The van der Waals surface area contributed by atoms with Crippen molar-refractivity contribution < 1.29 is 4.74 Å². The first-order valence-electron chi connectivity index (χ1n) is 10.1. The zero-order chi connectivity index (χ0) is 16.7. The monoisotopic (exact) mass is 315 g/mol. The van der Waals surface area contributed by atoms with E-state index in [-0.39, 0.29) is 0 Å². The predicted molar refractivity (Wildman–Crippen MR) is 102 cm³/mol. The second-order valence-electron chi connectivity index (χ2n) is 6.29. The molecular weight excluding hydrogens is 270 g/mol. The fourth-order valence-electron chi connectivity index (χ4n) is 2.23. The van der Waals surface area contributed by atoms with Crippen molar-refractivity contribution in [1.82, 2.24) is 0 Å². The van der Waals surface area contributed by atoms with Crippen LogP contribution < -0.4 is 5.73 Å². The minimum absolute atomic E-state index is 0.872. The van der Waals surface area contributed by atoms with Crippen LogP contribution in [0, 0.1) is 0 Å². The van der Waals surface area contributed by atoms with E-state index in [2.05, 4.69) is 20.8 Å². The summed E-state index contributed by atoms with van der Waals surface area (Å²) in [7, 11) is 0. The van der Waals surface area contributed by atoms with Crippen LogP contribution in [0.3, 0.4) is 0 Å². The van der Waals surface area contributed by atoms with Gasteiger partial charge in [-0.2, -0.15) is 0 Å². The van der Waals surface area contributed by atoms with Crippen molar-refractivity contribution in [2.24, 2.45) is 5.73 Å². The van der Waals surface area contributed by atoms with E-state index >= 15 is 0 Å². The van der Waals surface area contributed by atoms with E-state index < -0.39 is 0 Å². The van der Waals surface area contributed by atoms with Gasteiger partial charge in [0, 0.05) is 13.2 Å². The maximum absolute atomic E-state index is 5.42. The summed E-state index contributed by atoms with van der Waals surface area (Å²) in [6.07, 6.45) is 18.8. The molecule has 2 heteroatoms. The fraction of sp³-hybridized carbons (Fsp3) is 1.00. The highest BCUT2D eigenvalue weighted by atomic mass is 16.5. The summed E-state index contributed by atoms with van der Waals surface area (Å²) in [4.78, 5) is 0. The Balaban J connectivity index is 0. The lowest BCUT2D eigenvalue weighted by atomic mass is 10.1. The molecule has 0 heterocycles. The molecule has 0 fully saturated rings. The molecule has 0 aromatic rings. The van der Waals surface area contributed by atoms with Gasteiger partial charge in [0.1, 0.15) is 0 Å². The van der Waals surface area contributed by atoms with Gasteiger partial charge in [-0.25, -0.2) is 0 Å². The predicted octanol–water partition coefficient (Wildman–Crippen LogP) is 6.47. The Bertz CT molecular complexity index is 146. The highest BCUT2D eigenvalue weighted by Gasteiger charge is 1.91. The summed E-state index contributed by atoms with van der Waals surface area (Å²) in [6, 6.07) is 0. The fourth-order valence-corrected chi connectivity index (χ4v) is 2.23. The lowest BCUT2D eigenvalue weighted by Crippen LogP contribution is -1.97. The lowest BCUT2D eigenvalue weighted by Gasteiger charge is -2.00. The molecule has 0 saturated heterocycles. The van der Waals surface area contributed by atoms with Gasteiger partial charge in [-0.3, -0.25) is 0 Å². The Morgan fingerprint density at radius 3 is 1.23 bits per heavy atom. The van der Waals surface area contributed by atoms with Gasteiger partial charge in [-0.1, -0.05) is 91.4 Å². The van der Waals surface area contributed by atoms with E-state index in [1.165, 1.54) is 89.9 Å². The maximum atomic E-state index is 5.42. The van der Waals surface area contributed by atoms with Crippen molar-refractivity contribution in [2.75, 3.05) is 19.8 Å². The Kier molecular flexibility index (Phi) is 28.4. The molecule has 0 spiro atoms. The molecule has 0 radical (unpaired) electrons. The highest BCUT2D eigenvalue weighted by Crippen LogP contribution is 2.09. The topological polar surface area (TPSA) is 35.2 Å². The Morgan fingerprint density at radius 1 is 0.500 bits per heavy atom. The zero-order valence-electron chi connectivity index (χ0n) is 16.0. The number of rotatable bonds is 16. The van der Waals surface area contributed by atoms with Crippen molar-refractivity contribution in [3.8, 4) is 0 Å². The van der Waals surface area contributed by atoms with E-state index in [0.717, 1.165) is 19.8 Å². The van der Waals surface area contributed by atoms with Crippen LogP contribution in [0.25, 0.3) is 0 Å². The van der Waals surface area contributed by atoms with Gasteiger partial charge in [0.15, 0.2) is 0 Å². The summed E-state index contributed by atoms with van der Waals surface area (Å²) in [5.74, 6) is 0. The average Bonchev–Trinajstić information content (AvgIpc) is 2.54. The molecule has 22 heavy (non-hydrogen) atoms. The van der Waals surface area contributed by atoms with Crippen LogP contribution in [0.1, 0.15) is 111 Å². The van der Waals surface area contributed by atoms with Gasteiger partial charge in [-0.05, 0) is 25.8 Å². The first-order chi connectivity index (χ1) is 10.8. The molecule has 0 aromatic heterocycles. The first kappa shape index (κ1) is 24.2. The second kappa shape index (κ2) is 25.9. The molecule has 0 unspecified atom stereocenters. The molecule has 0 aliphatic carbocycles. The van der Waals surface area contributed by atoms with Crippen LogP contribution in [-0.4, -0.2) is 19.8 Å². The SMILES string of the molecule is CCCCCCCCCCCCN.CCCCOCCCC. The molecule has 0 amide bonds. The maximum Gasteiger partial charge on any atom is 0.0465 e. The van der Waals surface area contributed by atoms with Crippen LogP contribution in [0.15, 0.2) is 0 Å². The summed E-state index contributed by atoms with van der Waals surface area (Å²) in [5.41, 5.74) is 5.42. The van der Waals surface area contributed by atoms with Gasteiger partial charge in [0.2, 0.25) is 0 Å². The molecule has 0 bridgehead atoms. The Labute approximate surface area is 141 Å². The molecule has 0 rings (SSSR count). The van der Waals surface area contributed by atoms with Crippen molar-refractivity contribution in [3.05, 3.63) is 0 Å². The van der Waals surface area contributed by atoms with Crippen molar-refractivity contribution in [2.45, 2.75) is 111 Å². The zero-order valence-corrected chi connectivity index (χ0v) is 16.0. The lowest BCUT2D eigenvalue weighted by molar-refractivity contribution is 0.128. The third-order valence-electron chi connectivity index (χ3n) is 3.84. The number of hydrogen-bond donors (Lipinski definition) is 1. The third-order valence-corrected chi connectivity index (χ3v) is 3.84. The van der Waals surface area contributed by atoms with Crippen LogP contribution in [0.5, 0.6) is 0 Å². The van der Waals surface area contributed by atoms with Crippen molar-refractivity contribution in [1.29, 1.82) is 0 Å². The molecular formula is C20H45NO. The molecule has 0 aliphatic heterocycles. The first-order valence-corrected chi connectivity index (χ1v) is 10.1. The Hall–Kier alpha value is -0.0800. The quantitative estimate of drug-likeness (QED) is 0.331. The second-order valence-corrected chi connectivity index (χ2v) is 6.29. The minimum Gasteiger partial charge on any atom is -0.381 e. The van der Waals surface area contributed by atoms with Gasteiger partial charge in [0.25, 0.3) is 0 Å². The van der Waals surface area contributed by atoms with Gasteiger partial charge in [0.05, 0.1) is 0 Å². The summed E-state index contributed by atoms with van der Waals surface area (Å²) in [5, 5.41) is 0. The number of unbranched alkanes of at least 4 members (excludes halogenated alkanes) is 11. The molecule has 136 valence electrons. The summed E-state index contributed by atoms with van der Waals surface area (Å²) < 4.78 is 5.31. The van der Waals surface area contributed by atoms with Crippen LogP contribution in [0.2, 0.25) is 0 Å². The molecule has 0 saturated carbocycles. The smallest absolute Gasteiger partial charge is 0.0465 e. The standard InChI is InChI=1S/C12H27N.C8H18O/c1-2-3-4-5-6-7-8-9-10-11-12-13;1-3-5-7-9-8-6-4-2/h2-13H2,1H3;3-8H2,1-2H3. The summed E-state index contributed by atoms with van der Waals surface area (Å²) >= 11 is 0. The average molecular weight is 316 g/mol. The largest absolute Gasteiger partial charge is 0.381 e. The highest BCUT2D eigenvalue weighted by molar-refractivity contribution is 4.47. The summed E-state index contributed by atoms with van der Waals surface area (Å²) in [6.45, 7) is 9.42. The van der Waals surface area contributed by atoms with Crippen LogP contribution in [-0.2, 0) is 4.74 Å². The minimum atomic E-state index is 0.872. The van der Waals surface area contributed by atoms with Crippen molar-refractivity contribution >= 4 is 0 Å². The molecule has 2 N–H and O–H groups in total. The normalized spacial score (nSPS) is 10.4. The van der Waals surface area contributed by atoms with Gasteiger partial charge >= 0.3 is 0 Å². The van der Waals surface area contributed by atoms with Gasteiger partial charge < -0.3 is 10.5 Å². The molecule has 0 aliphatic rings. The molecule has 2 nitrogen and oxygen atoms in total. The number of nitrogens with two attached hydrogens (primary N) is 1. The van der Waals surface area contributed by atoms with Crippen LogP contribution in [0.4, 0.5) is 0 Å². The number of ether oxygens (including phenoxy) is 1. The van der Waals surface area contributed by atoms with Crippen LogP contribution >= 0.6 is 0 Å². The molecule has 0 atom stereocenters. The van der Waals surface area contributed by atoms with E-state index in [0.29, 0.717) is 0 Å². The Morgan fingerprint density at radius 2 is 0.864 bits per heavy atom.